The average molecular weight is 595 g/mol. The van der Waals surface area contributed by atoms with Crippen molar-refractivity contribution >= 4 is 0 Å². The summed E-state index contributed by atoms with van der Waals surface area (Å²) in [6.45, 7) is 21.3. The van der Waals surface area contributed by atoms with Crippen LogP contribution in [-0.2, 0) is 0 Å². The zero-order valence-electron chi connectivity index (χ0n) is 26.7. The minimum atomic E-state index is 0.156. The Morgan fingerprint density at radius 3 is 1.64 bits per heavy atom. The summed E-state index contributed by atoms with van der Waals surface area (Å²) in [5, 5.41) is 25.3. The molecule has 6 nitrogen and oxygen atoms in total. The van der Waals surface area contributed by atoms with Crippen LogP contribution < -0.4 is 31.9 Å². The Morgan fingerprint density at radius 2 is 1.07 bits per heavy atom. The van der Waals surface area contributed by atoms with E-state index in [1.165, 1.54) is 36.8 Å². The third kappa shape index (κ3) is 4.85. The second-order valence-electron chi connectivity index (χ2n) is 14.5. The molecule has 6 heteroatoms. The molecule has 6 fully saturated rings. The van der Waals surface area contributed by atoms with Crippen LogP contribution in [0.25, 0.3) is 0 Å². The van der Waals surface area contributed by atoms with Crippen LogP contribution in [0, 0.1) is 47.3 Å². The minimum absolute atomic E-state index is 0.156. The Balaban J connectivity index is 1.40. The lowest BCUT2D eigenvalue weighted by molar-refractivity contribution is 0.142. The van der Waals surface area contributed by atoms with Gasteiger partial charge in [0.15, 0.2) is 0 Å². The Morgan fingerprint density at radius 1 is 0.568 bits per heavy atom. The molecule has 3 aliphatic carbocycles. The summed E-state index contributed by atoms with van der Waals surface area (Å²) >= 11 is 0. The molecule has 44 heavy (non-hydrogen) atoms. The molecular weight excluding hydrogens is 540 g/mol. The van der Waals surface area contributed by atoms with E-state index in [1.54, 1.807) is 0 Å². The van der Waals surface area contributed by atoms with Crippen LogP contribution >= 0.6 is 0 Å². The smallest absolute Gasteiger partial charge is 0.0656 e. The first-order valence-electron chi connectivity index (χ1n) is 17.3. The highest BCUT2D eigenvalue weighted by Crippen LogP contribution is 2.54. The zero-order valence-corrected chi connectivity index (χ0v) is 26.7. The second kappa shape index (κ2) is 12.5. The van der Waals surface area contributed by atoms with Crippen molar-refractivity contribution in [3.05, 3.63) is 98.2 Å². The van der Waals surface area contributed by atoms with E-state index in [2.05, 4.69) is 115 Å². The SMILES string of the molecule is C=C/C=C\C1=C(C=C)C2NC3NC(NC4C5CCCCC5C5NC6NC(NC1C2C45)C(C)C6/C=C\C=C)C(C)C3/C=C\C=C. The van der Waals surface area contributed by atoms with Crippen molar-refractivity contribution in [2.45, 2.75) is 88.4 Å². The second-order valence-corrected chi connectivity index (χ2v) is 14.5. The first kappa shape index (κ1) is 30.3. The van der Waals surface area contributed by atoms with Gasteiger partial charge in [0.25, 0.3) is 0 Å². The maximum atomic E-state index is 4.43. The van der Waals surface area contributed by atoms with Crippen molar-refractivity contribution in [1.82, 2.24) is 31.9 Å². The molecule has 2 saturated carbocycles. The van der Waals surface area contributed by atoms with Gasteiger partial charge >= 0.3 is 0 Å². The van der Waals surface area contributed by atoms with Gasteiger partial charge in [-0.15, -0.1) is 0 Å². The van der Waals surface area contributed by atoms with E-state index in [4.69, 9.17) is 0 Å². The Labute approximate surface area is 265 Å². The van der Waals surface area contributed by atoms with Crippen LogP contribution in [0.3, 0.4) is 0 Å². The predicted molar refractivity (Wildman–Crippen MR) is 182 cm³/mol. The minimum Gasteiger partial charge on any atom is -0.298 e. The molecule has 6 N–H and O–H groups in total. The number of fused-ring (bicyclic) bond motifs is 7. The normalized spacial score (nSPS) is 49.6. The van der Waals surface area contributed by atoms with Crippen LogP contribution in [0.5, 0.6) is 0 Å². The number of hydrogen-bond acceptors (Lipinski definition) is 6. The van der Waals surface area contributed by atoms with Gasteiger partial charge in [-0.2, -0.15) is 0 Å². The van der Waals surface area contributed by atoms with Gasteiger partial charge in [-0.3, -0.25) is 31.9 Å². The summed E-state index contributed by atoms with van der Waals surface area (Å²) in [6, 6.07) is 1.22. The van der Waals surface area contributed by atoms with Crippen molar-refractivity contribution in [3.8, 4) is 0 Å². The highest BCUT2D eigenvalue weighted by molar-refractivity contribution is 5.48. The molecule has 0 spiro atoms. The molecule has 4 saturated heterocycles. The highest BCUT2D eigenvalue weighted by atomic mass is 15.3. The largest absolute Gasteiger partial charge is 0.298 e. The van der Waals surface area contributed by atoms with E-state index in [1.807, 2.05) is 18.2 Å². The molecule has 16 atom stereocenters. The zero-order chi connectivity index (χ0) is 30.5. The molecule has 0 amide bonds. The van der Waals surface area contributed by atoms with Gasteiger partial charge in [0, 0.05) is 41.9 Å². The molecule has 0 aromatic rings. The van der Waals surface area contributed by atoms with Gasteiger partial charge in [0.2, 0.25) is 0 Å². The van der Waals surface area contributed by atoms with Gasteiger partial charge in [0.1, 0.15) is 0 Å². The topological polar surface area (TPSA) is 72.2 Å². The van der Waals surface area contributed by atoms with Crippen molar-refractivity contribution in [2.24, 2.45) is 47.3 Å². The lowest BCUT2D eigenvalue weighted by Gasteiger charge is -2.42. The van der Waals surface area contributed by atoms with E-state index in [-0.39, 0.29) is 36.7 Å². The molecule has 236 valence electrons. The fourth-order valence-corrected chi connectivity index (χ4v) is 10.7. The molecule has 7 aliphatic rings. The quantitative estimate of drug-likeness (QED) is 0.242. The molecular formula is C38H54N6. The maximum absolute atomic E-state index is 4.43. The van der Waals surface area contributed by atoms with Crippen molar-refractivity contribution < 1.29 is 0 Å². The Kier molecular flexibility index (Phi) is 8.60. The molecule has 0 aromatic heterocycles. The lowest BCUT2D eigenvalue weighted by Crippen LogP contribution is -2.59. The molecule has 7 rings (SSSR count). The number of rotatable bonds is 7. The summed E-state index contributed by atoms with van der Waals surface area (Å²) in [6.07, 6.45) is 27.4. The van der Waals surface area contributed by atoms with E-state index < -0.39 is 0 Å². The number of nitrogens with one attached hydrogen (secondary N) is 6. The van der Waals surface area contributed by atoms with Crippen LogP contribution in [0.15, 0.2) is 98.2 Å². The van der Waals surface area contributed by atoms with E-state index in [0.29, 0.717) is 59.4 Å². The Hall–Kier alpha value is -2.32. The maximum Gasteiger partial charge on any atom is 0.0656 e. The van der Waals surface area contributed by atoms with Crippen LogP contribution in [0.1, 0.15) is 39.5 Å². The Bertz CT molecular complexity index is 1260. The average Bonchev–Trinajstić information content (AvgIpc) is 3.71. The summed E-state index contributed by atoms with van der Waals surface area (Å²) in [5.41, 5.74) is 2.68. The number of allylic oxidation sites excluding steroid dienone is 6. The van der Waals surface area contributed by atoms with Gasteiger partial charge in [-0.1, -0.05) is 114 Å². The molecule has 4 heterocycles. The fraction of sp³-hybridized carbons (Fsp3) is 0.579. The van der Waals surface area contributed by atoms with Crippen LogP contribution in [0.4, 0.5) is 0 Å². The molecule has 4 bridgehead atoms. The summed E-state index contributed by atoms with van der Waals surface area (Å²) in [5.74, 6) is 3.76. The summed E-state index contributed by atoms with van der Waals surface area (Å²) in [7, 11) is 0. The molecule has 16 unspecified atom stereocenters. The van der Waals surface area contributed by atoms with Gasteiger partial charge in [-0.05, 0) is 53.6 Å². The standard InChI is InChI=1S/C38H54N6/c1-7-11-16-24-21(5)36-40-33-27-19-14-15-20-28(27)34-30(33)29-31(41-37(24)43-36)23(10-4)26(18-13-9-3)32(29)39-35-22(6)25(17-12-8-2)38(42-34)44-35/h7-13,16-18,21-22,24-25,27-44H,1-4,14-15,19-20H2,5-6H3/b16-11-,17-12-,18-13-. The van der Waals surface area contributed by atoms with Crippen molar-refractivity contribution in [3.63, 3.8) is 0 Å². The van der Waals surface area contributed by atoms with Crippen molar-refractivity contribution in [2.75, 3.05) is 0 Å². The first-order valence-corrected chi connectivity index (χ1v) is 17.3. The summed E-state index contributed by atoms with van der Waals surface area (Å²) in [4.78, 5) is 0. The fourth-order valence-electron chi connectivity index (χ4n) is 10.7. The summed E-state index contributed by atoms with van der Waals surface area (Å²) < 4.78 is 0. The molecule has 4 aliphatic heterocycles. The van der Waals surface area contributed by atoms with Gasteiger partial charge in [-0.25, -0.2) is 0 Å². The third-order valence-electron chi connectivity index (χ3n) is 12.6. The van der Waals surface area contributed by atoms with Gasteiger partial charge < -0.3 is 0 Å². The monoisotopic (exact) mass is 594 g/mol. The third-order valence-corrected chi connectivity index (χ3v) is 12.6. The van der Waals surface area contributed by atoms with Crippen LogP contribution in [0.2, 0.25) is 0 Å². The molecule has 0 aromatic carbocycles. The highest BCUT2D eigenvalue weighted by Gasteiger charge is 2.62. The van der Waals surface area contributed by atoms with E-state index in [0.717, 1.165) is 0 Å². The van der Waals surface area contributed by atoms with E-state index in [9.17, 15) is 0 Å². The predicted octanol–water partition coefficient (Wildman–Crippen LogP) is 4.64. The number of hydrogen-bond donors (Lipinski definition) is 6. The van der Waals surface area contributed by atoms with Gasteiger partial charge in [0.05, 0.1) is 24.7 Å². The van der Waals surface area contributed by atoms with Crippen LogP contribution in [-0.4, -0.2) is 48.8 Å². The van der Waals surface area contributed by atoms with E-state index >= 15 is 0 Å². The molecule has 0 radical (unpaired) electrons. The first-order chi connectivity index (χ1) is 21.5. The van der Waals surface area contributed by atoms with Crippen molar-refractivity contribution in [1.29, 1.82) is 0 Å². The lowest BCUT2D eigenvalue weighted by atomic mass is 9.75.